The number of ketones is 1. The number of hydrogen-bond acceptors (Lipinski definition) is 4. The number of halogens is 1. The Bertz CT molecular complexity index is 1080. The first-order chi connectivity index (χ1) is 15.2. The van der Waals surface area contributed by atoms with Crippen LogP contribution in [0.25, 0.3) is 16.7 Å². The van der Waals surface area contributed by atoms with Gasteiger partial charge in [-0.25, -0.2) is 0 Å². The van der Waals surface area contributed by atoms with Crippen LogP contribution >= 0.6 is 11.6 Å². The molecule has 0 atom stereocenters. The van der Waals surface area contributed by atoms with Gasteiger partial charge in [-0.05, 0) is 67.1 Å². The van der Waals surface area contributed by atoms with Gasteiger partial charge in [-0.2, -0.15) is 0 Å². The van der Waals surface area contributed by atoms with Crippen molar-refractivity contribution in [3.05, 3.63) is 76.7 Å². The second-order valence-corrected chi connectivity index (χ2v) is 8.82. The molecule has 3 rings (SSSR count). The van der Waals surface area contributed by atoms with E-state index in [1.807, 2.05) is 56.3 Å². The molecule has 0 saturated heterocycles. The van der Waals surface area contributed by atoms with Crippen molar-refractivity contribution < 1.29 is 19.1 Å². The zero-order valence-corrected chi connectivity index (χ0v) is 19.8. The van der Waals surface area contributed by atoms with E-state index in [1.165, 1.54) is 0 Å². The molecule has 0 bridgehead atoms. The molecule has 168 valence electrons. The largest absolute Gasteiger partial charge is 0.476 e. The van der Waals surface area contributed by atoms with Gasteiger partial charge >= 0.3 is 5.97 Å². The molecule has 2 aromatic carbocycles. The van der Waals surface area contributed by atoms with E-state index in [2.05, 4.69) is 6.58 Å². The standard InChI is InChI=1S/C27H29ClO4/c1-6-8-9-23(29)31-25-17(3)32-27(4,5)26(30)24(25)22-16-20(11-10-18(22)7-2)19-12-14-21(28)15-13-19/h10-16H,3,6-9H2,1-2,4-5H3. The summed E-state index contributed by atoms with van der Waals surface area (Å²) in [5.74, 6) is -0.346. The molecular weight excluding hydrogens is 424 g/mol. The fraction of sp³-hybridized carbons (Fsp3) is 0.333. The molecule has 0 N–H and O–H groups in total. The minimum absolute atomic E-state index is 0.110. The summed E-state index contributed by atoms with van der Waals surface area (Å²) >= 11 is 6.05. The third kappa shape index (κ3) is 4.97. The second-order valence-electron chi connectivity index (χ2n) is 8.38. The third-order valence-corrected chi connectivity index (χ3v) is 5.77. The quantitative estimate of drug-likeness (QED) is 0.428. The van der Waals surface area contributed by atoms with Gasteiger partial charge in [0.1, 0.15) is 0 Å². The number of unbranched alkanes of at least 4 members (excludes halogenated alkanes) is 1. The number of Topliss-reactive ketones (excluding diaryl/α,β-unsaturated/α-hetero) is 1. The Morgan fingerprint density at radius 2 is 1.75 bits per heavy atom. The van der Waals surface area contributed by atoms with Crippen molar-refractivity contribution in [2.75, 3.05) is 0 Å². The van der Waals surface area contributed by atoms with Crippen LogP contribution in [0.2, 0.25) is 5.02 Å². The van der Waals surface area contributed by atoms with Gasteiger partial charge in [0, 0.05) is 11.4 Å². The number of carbonyl (C=O) groups is 2. The zero-order valence-electron chi connectivity index (χ0n) is 19.1. The summed E-state index contributed by atoms with van der Waals surface area (Å²) < 4.78 is 11.4. The summed E-state index contributed by atoms with van der Waals surface area (Å²) in [6, 6.07) is 13.5. The highest BCUT2D eigenvalue weighted by molar-refractivity contribution is 6.30. The average molecular weight is 453 g/mol. The molecule has 0 spiro atoms. The number of esters is 1. The molecule has 1 aliphatic rings. The SMILES string of the molecule is C=C1OC(C)(C)C(=O)C(c2cc(-c3ccc(Cl)cc3)ccc2CC)=C1OC(=O)CCCC. The molecule has 0 aromatic heterocycles. The lowest BCUT2D eigenvalue weighted by Gasteiger charge is -2.34. The van der Waals surface area contributed by atoms with Gasteiger partial charge in [-0.3, -0.25) is 9.59 Å². The molecule has 0 radical (unpaired) electrons. The van der Waals surface area contributed by atoms with Crippen LogP contribution in [0.3, 0.4) is 0 Å². The smallest absolute Gasteiger partial charge is 0.311 e. The number of hydrogen-bond donors (Lipinski definition) is 0. The zero-order chi connectivity index (χ0) is 23.5. The van der Waals surface area contributed by atoms with Gasteiger partial charge in [-0.15, -0.1) is 0 Å². The van der Waals surface area contributed by atoms with Crippen molar-refractivity contribution in [2.24, 2.45) is 0 Å². The molecule has 1 heterocycles. The first-order valence-electron chi connectivity index (χ1n) is 10.9. The van der Waals surface area contributed by atoms with Gasteiger partial charge in [0.25, 0.3) is 0 Å². The van der Waals surface area contributed by atoms with Crippen molar-refractivity contribution in [1.29, 1.82) is 0 Å². The monoisotopic (exact) mass is 452 g/mol. The van der Waals surface area contributed by atoms with Crippen molar-refractivity contribution >= 4 is 28.9 Å². The van der Waals surface area contributed by atoms with Crippen molar-refractivity contribution in [3.8, 4) is 11.1 Å². The Hall–Kier alpha value is -2.85. The van der Waals surface area contributed by atoms with Crippen LogP contribution in [-0.2, 0) is 25.5 Å². The summed E-state index contributed by atoms with van der Waals surface area (Å²) in [5.41, 5.74) is 2.81. The maximum atomic E-state index is 13.5. The van der Waals surface area contributed by atoms with E-state index in [4.69, 9.17) is 21.1 Å². The van der Waals surface area contributed by atoms with Crippen LogP contribution < -0.4 is 0 Å². The third-order valence-electron chi connectivity index (χ3n) is 5.52. The van der Waals surface area contributed by atoms with Crippen LogP contribution in [0.15, 0.2) is 60.6 Å². The molecular formula is C27H29ClO4. The molecule has 0 aliphatic carbocycles. The molecule has 0 unspecified atom stereocenters. The van der Waals surface area contributed by atoms with Crippen molar-refractivity contribution in [2.45, 2.75) is 59.0 Å². The van der Waals surface area contributed by atoms with E-state index < -0.39 is 11.6 Å². The lowest BCUT2D eigenvalue weighted by Crippen LogP contribution is -2.40. The predicted octanol–water partition coefficient (Wildman–Crippen LogP) is 6.91. The van der Waals surface area contributed by atoms with E-state index in [0.29, 0.717) is 23.4 Å². The lowest BCUT2D eigenvalue weighted by atomic mass is 9.84. The average Bonchev–Trinajstić information content (AvgIpc) is 2.76. The normalized spacial score (nSPS) is 15.5. The first kappa shape index (κ1) is 23.8. The fourth-order valence-electron chi connectivity index (χ4n) is 3.72. The van der Waals surface area contributed by atoms with Gasteiger partial charge in [0.2, 0.25) is 5.78 Å². The molecule has 0 amide bonds. The van der Waals surface area contributed by atoms with Crippen LogP contribution in [-0.4, -0.2) is 17.4 Å². The maximum Gasteiger partial charge on any atom is 0.311 e. The number of rotatable bonds is 7. The molecule has 5 heteroatoms. The van der Waals surface area contributed by atoms with Crippen LogP contribution in [0.5, 0.6) is 0 Å². The number of aryl methyl sites for hydroxylation is 1. The lowest BCUT2D eigenvalue weighted by molar-refractivity contribution is -0.142. The highest BCUT2D eigenvalue weighted by Gasteiger charge is 2.42. The van der Waals surface area contributed by atoms with E-state index in [-0.39, 0.29) is 23.7 Å². The number of benzene rings is 2. The second kappa shape index (κ2) is 9.74. The van der Waals surface area contributed by atoms with Crippen molar-refractivity contribution in [1.82, 2.24) is 0 Å². The Morgan fingerprint density at radius 3 is 2.38 bits per heavy atom. The van der Waals surface area contributed by atoms with Gasteiger partial charge < -0.3 is 9.47 Å². The summed E-state index contributed by atoms with van der Waals surface area (Å²) in [7, 11) is 0. The van der Waals surface area contributed by atoms with Crippen LogP contribution in [0.4, 0.5) is 0 Å². The number of ether oxygens (including phenoxy) is 2. The number of carbonyl (C=O) groups excluding carboxylic acids is 2. The van der Waals surface area contributed by atoms with Gasteiger partial charge in [0.05, 0.1) is 5.57 Å². The van der Waals surface area contributed by atoms with Crippen LogP contribution in [0.1, 0.15) is 58.1 Å². The molecule has 2 aromatic rings. The minimum Gasteiger partial charge on any atom is -0.476 e. The Labute approximate surface area is 194 Å². The van der Waals surface area contributed by atoms with Gasteiger partial charge in [0.15, 0.2) is 17.1 Å². The molecule has 1 aliphatic heterocycles. The summed E-state index contributed by atoms with van der Waals surface area (Å²) in [6.07, 6.45) is 2.55. The van der Waals surface area contributed by atoms with Crippen LogP contribution in [0, 0.1) is 0 Å². The summed E-state index contributed by atoms with van der Waals surface area (Å²) in [6.45, 7) is 11.4. The summed E-state index contributed by atoms with van der Waals surface area (Å²) in [4.78, 5) is 26.0. The highest BCUT2D eigenvalue weighted by atomic mass is 35.5. The molecule has 4 nitrogen and oxygen atoms in total. The Balaban J connectivity index is 2.19. The van der Waals surface area contributed by atoms with E-state index >= 15 is 0 Å². The Kier molecular flexibility index (Phi) is 7.25. The fourth-order valence-corrected chi connectivity index (χ4v) is 3.85. The summed E-state index contributed by atoms with van der Waals surface area (Å²) in [5, 5.41) is 0.654. The molecule has 0 saturated carbocycles. The van der Waals surface area contributed by atoms with Gasteiger partial charge in [-0.1, -0.05) is 62.7 Å². The van der Waals surface area contributed by atoms with E-state index in [1.54, 1.807) is 13.8 Å². The molecule has 0 fully saturated rings. The van der Waals surface area contributed by atoms with E-state index in [0.717, 1.165) is 28.7 Å². The van der Waals surface area contributed by atoms with Crippen molar-refractivity contribution in [3.63, 3.8) is 0 Å². The molecule has 32 heavy (non-hydrogen) atoms. The Morgan fingerprint density at radius 1 is 1.09 bits per heavy atom. The van der Waals surface area contributed by atoms with E-state index in [9.17, 15) is 9.59 Å². The highest BCUT2D eigenvalue weighted by Crippen LogP contribution is 2.40. The topological polar surface area (TPSA) is 52.6 Å². The first-order valence-corrected chi connectivity index (χ1v) is 11.3. The minimum atomic E-state index is -1.12. The predicted molar refractivity (Wildman–Crippen MR) is 128 cm³/mol. The maximum absolute atomic E-state index is 13.5.